The van der Waals surface area contributed by atoms with Gasteiger partial charge in [0.05, 0.1) is 12.1 Å². The Kier molecular flexibility index (Phi) is 5.02. The summed E-state index contributed by atoms with van der Waals surface area (Å²) in [6, 6.07) is 5.13. The van der Waals surface area contributed by atoms with E-state index in [9.17, 15) is 9.59 Å². The molecule has 1 N–H and O–H groups in total. The van der Waals surface area contributed by atoms with E-state index < -0.39 is 0 Å². The zero-order valence-electron chi connectivity index (χ0n) is 9.53. The lowest BCUT2D eigenvalue weighted by Crippen LogP contribution is -2.36. The first-order chi connectivity index (χ1) is 7.91. The van der Waals surface area contributed by atoms with Crippen molar-refractivity contribution in [2.45, 2.75) is 4.90 Å². The summed E-state index contributed by atoms with van der Waals surface area (Å²) in [6.07, 6.45) is 0. The van der Waals surface area contributed by atoms with Crippen LogP contribution in [0.1, 0.15) is 10.4 Å². The molecule has 0 saturated heterocycles. The SMILES string of the molecule is CN(C)C(=O)CNC(=O)c1ccc(Br)cc1S. The number of thiol groups is 1. The largest absolute Gasteiger partial charge is 0.347 e. The second-order valence-corrected chi connectivity index (χ2v) is 5.03. The van der Waals surface area contributed by atoms with Gasteiger partial charge in [0.2, 0.25) is 5.91 Å². The number of rotatable bonds is 3. The number of nitrogens with one attached hydrogen (secondary N) is 1. The van der Waals surface area contributed by atoms with Crippen molar-refractivity contribution in [1.82, 2.24) is 10.2 Å². The van der Waals surface area contributed by atoms with Crippen LogP contribution in [0.3, 0.4) is 0 Å². The van der Waals surface area contributed by atoms with Gasteiger partial charge in [-0.2, -0.15) is 0 Å². The number of benzene rings is 1. The number of hydrogen-bond donors (Lipinski definition) is 2. The van der Waals surface area contributed by atoms with Gasteiger partial charge in [-0.15, -0.1) is 12.6 Å². The molecule has 0 spiro atoms. The summed E-state index contributed by atoms with van der Waals surface area (Å²) in [7, 11) is 3.27. The second kappa shape index (κ2) is 6.07. The standard InChI is InChI=1S/C11H13BrN2O2S/c1-14(2)10(15)6-13-11(16)8-4-3-7(12)5-9(8)17/h3-5,17H,6H2,1-2H3,(H,13,16). The number of amides is 2. The molecule has 1 aromatic rings. The topological polar surface area (TPSA) is 49.4 Å². The first-order valence-electron chi connectivity index (χ1n) is 4.88. The summed E-state index contributed by atoms with van der Waals surface area (Å²) in [5.41, 5.74) is 0.447. The van der Waals surface area contributed by atoms with Gasteiger partial charge in [-0.05, 0) is 18.2 Å². The molecule has 0 aliphatic heterocycles. The van der Waals surface area contributed by atoms with Crippen molar-refractivity contribution in [2.24, 2.45) is 0 Å². The monoisotopic (exact) mass is 316 g/mol. The van der Waals surface area contributed by atoms with Crippen LogP contribution in [0.15, 0.2) is 27.6 Å². The quantitative estimate of drug-likeness (QED) is 0.831. The molecule has 0 atom stereocenters. The predicted octanol–water partition coefficient (Wildman–Crippen LogP) is 1.56. The van der Waals surface area contributed by atoms with Crippen LogP contribution >= 0.6 is 28.6 Å². The van der Waals surface area contributed by atoms with Crippen LogP contribution in [0.2, 0.25) is 0 Å². The molecule has 0 heterocycles. The predicted molar refractivity (Wildman–Crippen MR) is 72.4 cm³/mol. The molecule has 1 aromatic carbocycles. The van der Waals surface area contributed by atoms with Crippen LogP contribution < -0.4 is 5.32 Å². The maximum Gasteiger partial charge on any atom is 0.252 e. The normalized spacial score (nSPS) is 9.88. The van der Waals surface area contributed by atoms with Crippen LogP contribution in [0.25, 0.3) is 0 Å². The van der Waals surface area contributed by atoms with Gasteiger partial charge in [0.1, 0.15) is 0 Å². The minimum atomic E-state index is -0.308. The highest BCUT2D eigenvalue weighted by Gasteiger charge is 2.11. The molecule has 1 rings (SSSR count). The van der Waals surface area contributed by atoms with Crippen molar-refractivity contribution in [3.63, 3.8) is 0 Å². The van der Waals surface area contributed by atoms with Crippen molar-refractivity contribution in [2.75, 3.05) is 20.6 Å². The maximum absolute atomic E-state index is 11.8. The molecule has 0 fully saturated rings. The number of hydrogen-bond acceptors (Lipinski definition) is 3. The van der Waals surface area contributed by atoms with Crippen molar-refractivity contribution in [3.05, 3.63) is 28.2 Å². The highest BCUT2D eigenvalue weighted by molar-refractivity contribution is 9.10. The third-order valence-corrected chi connectivity index (χ3v) is 2.97. The maximum atomic E-state index is 11.8. The van der Waals surface area contributed by atoms with E-state index >= 15 is 0 Å². The first kappa shape index (κ1) is 14.1. The molecule has 4 nitrogen and oxygen atoms in total. The lowest BCUT2D eigenvalue weighted by Gasteiger charge is -2.11. The first-order valence-corrected chi connectivity index (χ1v) is 6.12. The molecular weight excluding hydrogens is 304 g/mol. The van der Waals surface area contributed by atoms with Gasteiger partial charge >= 0.3 is 0 Å². The van der Waals surface area contributed by atoms with Gasteiger partial charge in [-0.25, -0.2) is 0 Å². The number of likely N-dealkylation sites (N-methyl/N-ethyl adjacent to an activating group) is 1. The lowest BCUT2D eigenvalue weighted by molar-refractivity contribution is -0.127. The lowest BCUT2D eigenvalue weighted by atomic mass is 10.2. The molecule has 17 heavy (non-hydrogen) atoms. The summed E-state index contributed by atoms with van der Waals surface area (Å²) in [4.78, 5) is 25.0. The van der Waals surface area contributed by atoms with Crippen molar-refractivity contribution in [1.29, 1.82) is 0 Å². The molecule has 0 aliphatic rings. The molecule has 0 bridgehead atoms. The molecule has 92 valence electrons. The average Bonchev–Trinajstić information content (AvgIpc) is 2.25. The molecule has 0 radical (unpaired) electrons. The minimum absolute atomic E-state index is 0.0187. The number of nitrogens with zero attached hydrogens (tertiary/aromatic N) is 1. The van der Waals surface area contributed by atoms with Crippen LogP contribution in [-0.4, -0.2) is 37.4 Å². The summed E-state index contributed by atoms with van der Waals surface area (Å²) in [6.45, 7) is -0.0187. The highest BCUT2D eigenvalue weighted by Crippen LogP contribution is 2.19. The smallest absolute Gasteiger partial charge is 0.252 e. The fourth-order valence-electron chi connectivity index (χ4n) is 1.11. The molecule has 0 aliphatic carbocycles. The molecule has 2 amide bonds. The van der Waals surface area contributed by atoms with Crippen LogP contribution in [0, 0.1) is 0 Å². The molecule has 0 aromatic heterocycles. The van der Waals surface area contributed by atoms with Gasteiger partial charge in [0.15, 0.2) is 0 Å². The van der Waals surface area contributed by atoms with Crippen LogP contribution in [0.4, 0.5) is 0 Å². The van der Waals surface area contributed by atoms with Crippen LogP contribution in [0.5, 0.6) is 0 Å². The van der Waals surface area contributed by atoms with E-state index in [1.807, 2.05) is 0 Å². The van der Waals surface area contributed by atoms with Crippen molar-refractivity contribution in [3.8, 4) is 0 Å². The zero-order valence-corrected chi connectivity index (χ0v) is 12.0. The Bertz CT molecular complexity index is 449. The Morgan fingerprint density at radius 2 is 2.06 bits per heavy atom. The molecule has 6 heteroatoms. The number of carbonyl (C=O) groups excluding carboxylic acids is 2. The average molecular weight is 317 g/mol. The number of carbonyl (C=O) groups is 2. The molecular formula is C11H13BrN2O2S. The molecule has 0 saturated carbocycles. The fraction of sp³-hybridized carbons (Fsp3) is 0.273. The molecule has 0 unspecified atom stereocenters. The van der Waals surface area contributed by atoms with E-state index in [2.05, 4.69) is 33.9 Å². The van der Waals surface area contributed by atoms with E-state index in [1.165, 1.54) is 4.90 Å². The number of halogens is 1. The van der Waals surface area contributed by atoms with Gasteiger partial charge in [0, 0.05) is 23.5 Å². The summed E-state index contributed by atoms with van der Waals surface area (Å²) < 4.78 is 0.850. The highest BCUT2D eigenvalue weighted by atomic mass is 79.9. The van der Waals surface area contributed by atoms with Crippen LogP contribution in [-0.2, 0) is 4.79 Å². The summed E-state index contributed by atoms with van der Waals surface area (Å²) >= 11 is 7.49. The van der Waals surface area contributed by atoms with Gasteiger partial charge in [0.25, 0.3) is 5.91 Å². The minimum Gasteiger partial charge on any atom is -0.347 e. The summed E-state index contributed by atoms with van der Waals surface area (Å²) in [5.74, 6) is -0.464. The Balaban J connectivity index is 2.68. The van der Waals surface area contributed by atoms with E-state index in [4.69, 9.17) is 0 Å². The van der Waals surface area contributed by atoms with Crippen molar-refractivity contribution >= 4 is 40.4 Å². The Morgan fingerprint density at radius 3 is 2.59 bits per heavy atom. The van der Waals surface area contributed by atoms with E-state index in [1.54, 1.807) is 32.3 Å². The zero-order chi connectivity index (χ0) is 13.0. The van der Waals surface area contributed by atoms with E-state index in [0.29, 0.717) is 10.5 Å². The van der Waals surface area contributed by atoms with E-state index in [0.717, 1.165) is 4.47 Å². The fourth-order valence-corrected chi connectivity index (χ4v) is 1.96. The van der Waals surface area contributed by atoms with Gasteiger partial charge in [-0.3, -0.25) is 9.59 Å². The van der Waals surface area contributed by atoms with E-state index in [-0.39, 0.29) is 18.4 Å². The third kappa shape index (κ3) is 4.05. The Labute approximate surface area is 114 Å². The Hall–Kier alpha value is -1.01. The Morgan fingerprint density at radius 1 is 1.41 bits per heavy atom. The third-order valence-electron chi connectivity index (χ3n) is 2.10. The van der Waals surface area contributed by atoms with Crippen molar-refractivity contribution < 1.29 is 9.59 Å². The summed E-state index contributed by atoms with van der Waals surface area (Å²) in [5, 5.41) is 2.55. The van der Waals surface area contributed by atoms with Gasteiger partial charge < -0.3 is 10.2 Å². The second-order valence-electron chi connectivity index (χ2n) is 3.63. The van der Waals surface area contributed by atoms with Gasteiger partial charge in [-0.1, -0.05) is 15.9 Å².